The van der Waals surface area contributed by atoms with Crippen molar-refractivity contribution in [1.82, 2.24) is 9.78 Å². The molecule has 0 amide bonds. The van der Waals surface area contributed by atoms with Gasteiger partial charge in [0.15, 0.2) is 0 Å². The van der Waals surface area contributed by atoms with E-state index in [9.17, 15) is 8.78 Å². The highest BCUT2D eigenvalue weighted by molar-refractivity contribution is 5.72. The highest BCUT2D eigenvalue weighted by Crippen LogP contribution is 2.28. The van der Waals surface area contributed by atoms with E-state index in [1.807, 2.05) is 31.2 Å². The molecule has 0 aliphatic rings. The largest absolute Gasteiger partial charge is 0.396 e. The zero-order valence-corrected chi connectivity index (χ0v) is 11.3. The molecule has 0 aliphatic heterocycles. The second-order valence-electron chi connectivity index (χ2n) is 4.84. The van der Waals surface area contributed by atoms with E-state index in [-0.39, 0.29) is 5.56 Å². The number of aryl methyl sites for hydroxylation is 1. The second-order valence-corrected chi connectivity index (χ2v) is 4.84. The molecule has 2 aromatic carbocycles. The summed E-state index contributed by atoms with van der Waals surface area (Å²) in [6, 6.07) is 11.0. The number of hydrogen-bond donors (Lipinski definition) is 1. The minimum atomic E-state index is -0.684. The van der Waals surface area contributed by atoms with Crippen LogP contribution in [0.4, 0.5) is 14.5 Å². The normalized spacial score (nSPS) is 10.8. The molecule has 3 rings (SSSR count). The third-order valence-corrected chi connectivity index (χ3v) is 3.23. The predicted molar refractivity (Wildman–Crippen MR) is 78.1 cm³/mol. The molecule has 0 aliphatic carbocycles. The molecule has 0 fully saturated rings. The number of halogens is 2. The van der Waals surface area contributed by atoms with Gasteiger partial charge in [-0.1, -0.05) is 17.7 Å². The zero-order chi connectivity index (χ0) is 15.0. The fraction of sp³-hybridized carbons (Fsp3) is 0.0625. The van der Waals surface area contributed by atoms with Gasteiger partial charge in [-0.3, -0.25) is 0 Å². The maximum absolute atomic E-state index is 13.8. The van der Waals surface area contributed by atoms with E-state index in [4.69, 9.17) is 5.73 Å². The topological polar surface area (TPSA) is 43.8 Å². The summed E-state index contributed by atoms with van der Waals surface area (Å²) in [7, 11) is 0. The number of aromatic nitrogens is 2. The van der Waals surface area contributed by atoms with Gasteiger partial charge in [-0.25, -0.2) is 13.5 Å². The third-order valence-electron chi connectivity index (χ3n) is 3.23. The van der Waals surface area contributed by atoms with E-state index in [1.165, 1.54) is 12.1 Å². The van der Waals surface area contributed by atoms with Crippen LogP contribution in [-0.2, 0) is 0 Å². The summed E-state index contributed by atoms with van der Waals surface area (Å²) in [4.78, 5) is 0. The van der Waals surface area contributed by atoms with Gasteiger partial charge in [0.05, 0.1) is 17.6 Å². The predicted octanol–water partition coefficient (Wildman–Crippen LogP) is 3.71. The van der Waals surface area contributed by atoms with E-state index in [0.29, 0.717) is 11.4 Å². The fourth-order valence-corrected chi connectivity index (χ4v) is 2.11. The molecule has 5 heteroatoms. The summed E-state index contributed by atoms with van der Waals surface area (Å²) in [5.41, 5.74) is 8.67. The van der Waals surface area contributed by atoms with Gasteiger partial charge in [-0.2, -0.15) is 5.10 Å². The molecular weight excluding hydrogens is 272 g/mol. The van der Waals surface area contributed by atoms with Gasteiger partial charge in [0.1, 0.15) is 17.3 Å². The van der Waals surface area contributed by atoms with Crippen molar-refractivity contribution in [2.24, 2.45) is 0 Å². The van der Waals surface area contributed by atoms with Gasteiger partial charge in [-0.15, -0.1) is 0 Å². The lowest BCUT2D eigenvalue weighted by atomic mass is 10.1. The summed E-state index contributed by atoms with van der Waals surface area (Å²) in [5.74, 6) is -1.32. The Morgan fingerprint density at radius 1 is 1.05 bits per heavy atom. The van der Waals surface area contributed by atoms with E-state index in [2.05, 4.69) is 5.10 Å². The van der Waals surface area contributed by atoms with Crippen LogP contribution in [-0.4, -0.2) is 9.78 Å². The van der Waals surface area contributed by atoms with Crippen LogP contribution in [0.2, 0.25) is 0 Å². The van der Waals surface area contributed by atoms with Gasteiger partial charge in [0.2, 0.25) is 0 Å². The maximum atomic E-state index is 13.8. The summed E-state index contributed by atoms with van der Waals surface area (Å²) in [5, 5.41) is 4.30. The van der Waals surface area contributed by atoms with Crippen molar-refractivity contribution in [2.75, 3.05) is 5.73 Å². The van der Waals surface area contributed by atoms with Gasteiger partial charge in [-0.05, 0) is 31.2 Å². The minimum Gasteiger partial charge on any atom is -0.396 e. The molecule has 3 aromatic rings. The highest BCUT2D eigenvalue weighted by atomic mass is 19.1. The van der Waals surface area contributed by atoms with E-state index < -0.39 is 11.6 Å². The number of hydrogen-bond acceptors (Lipinski definition) is 2. The molecular formula is C16H13F2N3. The third kappa shape index (κ3) is 2.50. The lowest BCUT2D eigenvalue weighted by Crippen LogP contribution is -1.95. The quantitative estimate of drug-likeness (QED) is 0.780. The first-order valence-electron chi connectivity index (χ1n) is 6.42. The van der Waals surface area contributed by atoms with Crippen LogP contribution in [0.1, 0.15) is 5.56 Å². The number of rotatable bonds is 2. The number of nitrogens with two attached hydrogens (primary N) is 1. The first-order valence-corrected chi connectivity index (χ1v) is 6.42. The molecule has 0 saturated heterocycles. The Hall–Kier alpha value is -2.69. The Bertz CT molecular complexity index is 792. The molecule has 1 heterocycles. The molecule has 0 unspecified atom stereocenters. The average Bonchev–Trinajstić information content (AvgIpc) is 2.81. The summed E-state index contributed by atoms with van der Waals surface area (Å²) >= 11 is 0. The van der Waals surface area contributed by atoms with Crippen molar-refractivity contribution in [3.63, 3.8) is 0 Å². The summed E-state index contributed by atoms with van der Waals surface area (Å²) in [6.45, 7) is 1.99. The SMILES string of the molecule is Cc1ccc(-n2cc(N)c(-c3ccc(F)cc3F)n2)cc1. The van der Waals surface area contributed by atoms with Crippen LogP contribution in [0.15, 0.2) is 48.7 Å². The molecule has 0 radical (unpaired) electrons. The Kier molecular flexibility index (Phi) is 3.17. The zero-order valence-electron chi connectivity index (χ0n) is 11.3. The molecule has 3 nitrogen and oxygen atoms in total. The van der Waals surface area contributed by atoms with Crippen LogP contribution >= 0.6 is 0 Å². The van der Waals surface area contributed by atoms with Crippen molar-refractivity contribution >= 4 is 5.69 Å². The fourth-order valence-electron chi connectivity index (χ4n) is 2.11. The maximum Gasteiger partial charge on any atom is 0.135 e. The lowest BCUT2D eigenvalue weighted by molar-refractivity contribution is 0.585. The van der Waals surface area contributed by atoms with Crippen LogP contribution in [0.5, 0.6) is 0 Å². The van der Waals surface area contributed by atoms with E-state index in [1.54, 1.807) is 10.9 Å². The Morgan fingerprint density at radius 3 is 2.43 bits per heavy atom. The Morgan fingerprint density at radius 2 is 1.76 bits per heavy atom. The van der Waals surface area contributed by atoms with Crippen molar-refractivity contribution in [3.8, 4) is 16.9 Å². The van der Waals surface area contributed by atoms with Crippen LogP contribution in [0, 0.1) is 18.6 Å². The Balaban J connectivity index is 2.07. The van der Waals surface area contributed by atoms with Crippen molar-refractivity contribution in [3.05, 3.63) is 65.9 Å². The van der Waals surface area contributed by atoms with E-state index >= 15 is 0 Å². The molecule has 0 bridgehead atoms. The molecule has 0 saturated carbocycles. The van der Waals surface area contributed by atoms with Crippen LogP contribution < -0.4 is 5.73 Å². The minimum absolute atomic E-state index is 0.180. The standard InChI is InChI=1S/C16H13F2N3/c1-10-2-5-12(6-3-10)21-9-15(19)16(20-21)13-7-4-11(17)8-14(13)18/h2-9H,19H2,1H3. The molecule has 106 valence electrons. The first kappa shape index (κ1) is 13.3. The molecule has 1 aromatic heterocycles. The molecule has 21 heavy (non-hydrogen) atoms. The summed E-state index contributed by atoms with van der Waals surface area (Å²) < 4.78 is 28.4. The number of benzene rings is 2. The number of anilines is 1. The van der Waals surface area contributed by atoms with Gasteiger partial charge in [0, 0.05) is 11.6 Å². The van der Waals surface area contributed by atoms with Crippen molar-refractivity contribution in [1.29, 1.82) is 0 Å². The monoisotopic (exact) mass is 285 g/mol. The molecule has 0 spiro atoms. The van der Waals surface area contributed by atoms with Gasteiger partial charge < -0.3 is 5.73 Å². The van der Waals surface area contributed by atoms with Crippen molar-refractivity contribution in [2.45, 2.75) is 6.92 Å². The van der Waals surface area contributed by atoms with Crippen molar-refractivity contribution < 1.29 is 8.78 Å². The van der Waals surface area contributed by atoms with Gasteiger partial charge in [0.25, 0.3) is 0 Å². The average molecular weight is 285 g/mol. The highest BCUT2D eigenvalue weighted by Gasteiger charge is 2.14. The molecule has 0 atom stereocenters. The number of nitrogens with zero attached hydrogens (tertiary/aromatic N) is 2. The van der Waals surface area contributed by atoms with E-state index in [0.717, 1.165) is 17.3 Å². The second kappa shape index (κ2) is 5.01. The first-order chi connectivity index (χ1) is 10.0. The lowest BCUT2D eigenvalue weighted by Gasteiger charge is -2.02. The molecule has 2 N–H and O–H groups in total. The number of nitrogen functional groups attached to an aromatic ring is 1. The van der Waals surface area contributed by atoms with Gasteiger partial charge >= 0.3 is 0 Å². The van der Waals surface area contributed by atoms with Crippen LogP contribution in [0.3, 0.4) is 0 Å². The van der Waals surface area contributed by atoms with Crippen LogP contribution in [0.25, 0.3) is 16.9 Å². The Labute approximate surface area is 120 Å². The summed E-state index contributed by atoms with van der Waals surface area (Å²) in [6.07, 6.45) is 1.61. The smallest absolute Gasteiger partial charge is 0.135 e.